The summed E-state index contributed by atoms with van der Waals surface area (Å²) in [4.78, 5) is 10.9. The lowest BCUT2D eigenvalue weighted by molar-refractivity contribution is -0.139. The second-order valence-electron chi connectivity index (χ2n) is 7.14. The number of nitrogens with zero attached hydrogens (tertiary/aromatic N) is 3. The van der Waals surface area contributed by atoms with Gasteiger partial charge in [-0.1, -0.05) is 0 Å². The van der Waals surface area contributed by atoms with E-state index in [-0.39, 0.29) is 12.0 Å². The van der Waals surface area contributed by atoms with Crippen molar-refractivity contribution in [3.05, 3.63) is 11.9 Å². The van der Waals surface area contributed by atoms with Gasteiger partial charge in [-0.25, -0.2) is 8.78 Å². The highest BCUT2D eigenvalue weighted by molar-refractivity contribution is 6.17. The quantitative estimate of drug-likeness (QED) is 0.476. The molecule has 3 atom stereocenters. The number of hydrogen-bond acceptors (Lipinski definition) is 6. The molecule has 1 unspecified atom stereocenters. The molecule has 0 saturated carbocycles. The first kappa shape index (κ1) is 24.1. The molecule has 1 heterocycles. The first-order valence-electron chi connectivity index (χ1n) is 8.67. The van der Waals surface area contributed by atoms with E-state index in [0.29, 0.717) is 0 Å². The maximum atomic E-state index is 13.8. The molecule has 3 N–H and O–H groups in total. The van der Waals surface area contributed by atoms with E-state index < -0.39 is 60.0 Å². The topological polar surface area (TPSA) is 83.0 Å². The Morgan fingerprint density at radius 2 is 1.40 bits per heavy atom. The third-order valence-electron chi connectivity index (χ3n) is 4.50. The van der Waals surface area contributed by atoms with Gasteiger partial charge in [-0.3, -0.25) is 0 Å². The van der Waals surface area contributed by atoms with Crippen LogP contribution >= 0.6 is 0 Å². The molecule has 30 heavy (non-hydrogen) atoms. The number of halogens is 8. The zero-order valence-electron chi connectivity index (χ0n) is 16.0. The van der Waals surface area contributed by atoms with Crippen LogP contribution in [0.5, 0.6) is 0 Å². The van der Waals surface area contributed by atoms with Gasteiger partial charge in [0.1, 0.15) is 17.6 Å². The van der Waals surface area contributed by atoms with Crippen molar-refractivity contribution in [2.75, 3.05) is 10.6 Å². The van der Waals surface area contributed by atoms with Crippen LogP contribution in [0.3, 0.4) is 0 Å². The number of aromatic nitrogens is 3. The Morgan fingerprint density at radius 3 is 1.77 bits per heavy atom. The van der Waals surface area contributed by atoms with Gasteiger partial charge in [0, 0.05) is 6.42 Å². The minimum Gasteiger partial charge on any atom is -0.389 e. The summed E-state index contributed by atoms with van der Waals surface area (Å²) in [5, 5.41) is 13.8. The Kier molecular flexibility index (Phi) is 6.28. The Bertz CT molecular complexity index is 771. The molecule has 0 amide bonds. The highest BCUT2D eigenvalue weighted by Gasteiger charge is 2.49. The molecule has 0 aliphatic heterocycles. The summed E-state index contributed by atoms with van der Waals surface area (Å²) in [5.41, 5.74) is -2.67. The average Bonchev–Trinajstić information content (AvgIpc) is 2.55. The van der Waals surface area contributed by atoms with Gasteiger partial charge in [-0.15, -0.1) is 0 Å². The van der Waals surface area contributed by atoms with Crippen molar-refractivity contribution in [1.29, 1.82) is 0 Å². The van der Waals surface area contributed by atoms with Crippen molar-refractivity contribution in [3.8, 4) is 0 Å². The minimum atomic E-state index is -4.71. The van der Waals surface area contributed by atoms with Crippen LogP contribution in [-0.4, -0.2) is 63.8 Å². The molecule has 0 fully saturated rings. The summed E-state index contributed by atoms with van der Waals surface area (Å²) in [6.45, 7) is 1.47. The number of aliphatic hydroxyl groups is 1. The summed E-state index contributed by atoms with van der Waals surface area (Å²) in [6.07, 6.45) is -9.87. The van der Waals surface area contributed by atoms with E-state index in [9.17, 15) is 40.2 Å². The lowest BCUT2D eigenvalue weighted by Gasteiger charge is -2.35. The van der Waals surface area contributed by atoms with E-state index in [1.807, 2.05) is 10.6 Å². The van der Waals surface area contributed by atoms with E-state index in [1.165, 1.54) is 0 Å². The zero-order chi connectivity index (χ0) is 23.1. The number of rotatable bonds is 5. The van der Waals surface area contributed by atoms with Crippen molar-refractivity contribution in [2.24, 2.45) is 0 Å². The molecule has 0 spiro atoms. The Labute approximate surface area is 166 Å². The van der Waals surface area contributed by atoms with Crippen molar-refractivity contribution < 1.29 is 40.2 Å². The minimum absolute atomic E-state index is 0.0706. The lowest BCUT2D eigenvalue weighted by Crippen LogP contribution is -2.49. The van der Waals surface area contributed by atoms with Crippen LogP contribution in [0.1, 0.15) is 32.5 Å². The molecule has 0 radical (unpaired) electrons. The van der Waals surface area contributed by atoms with Gasteiger partial charge in [0.2, 0.25) is 11.9 Å². The first-order chi connectivity index (χ1) is 13.4. The van der Waals surface area contributed by atoms with Crippen LogP contribution in [0.4, 0.5) is 47.0 Å². The highest BCUT2D eigenvalue weighted by Crippen LogP contribution is 2.41. The van der Waals surface area contributed by atoms with Crippen molar-refractivity contribution in [1.82, 2.24) is 15.0 Å². The van der Waals surface area contributed by atoms with E-state index in [2.05, 4.69) is 15.0 Å². The van der Waals surface area contributed by atoms with Crippen LogP contribution in [0.2, 0.25) is 0 Å². The predicted molar refractivity (Wildman–Crippen MR) is 93.8 cm³/mol. The number of nitrogens with one attached hydrogen (secondary N) is 2. The van der Waals surface area contributed by atoms with Gasteiger partial charge in [-0.2, -0.15) is 41.3 Å². The second kappa shape index (κ2) is 7.82. The fourth-order valence-corrected chi connectivity index (χ4v) is 2.44. The highest BCUT2D eigenvalue weighted by atomic mass is 19.4. The summed E-state index contributed by atoms with van der Waals surface area (Å²) >= 11 is 0. The summed E-state index contributed by atoms with van der Waals surface area (Å²) in [5.74, 6) is -5.34. The Hall–Kier alpha value is -2.19. The summed E-state index contributed by atoms with van der Waals surface area (Å²) < 4.78 is 105. The predicted octanol–water partition coefficient (Wildman–Crippen LogP) is 2.73. The number of anilines is 2. The molecule has 2 rings (SSSR count). The fraction of sp³-hybridized carbons (Fsp3) is 0.667. The van der Waals surface area contributed by atoms with Gasteiger partial charge in [-0.05, 0) is 31.9 Å². The van der Waals surface area contributed by atoms with Gasteiger partial charge < -0.3 is 15.7 Å². The molecule has 6 nitrogen and oxygen atoms in total. The number of allylic oxidation sites excluding steroid dienone is 1. The van der Waals surface area contributed by atoms with E-state index in [1.54, 1.807) is 0 Å². The molecule has 0 saturated heterocycles. The van der Waals surface area contributed by atoms with Crippen molar-refractivity contribution in [3.63, 3.8) is 0 Å². The number of alkyl halides is 8. The van der Waals surface area contributed by atoms with E-state index >= 15 is 0 Å². The molecule has 0 bridgehead atoms. The van der Waals surface area contributed by atoms with Gasteiger partial charge in [0.25, 0.3) is 5.92 Å². The molecule has 1 aromatic heterocycles. The summed E-state index contributed by atoms with van der Waals surface area (Å²) in [6, 6.07) is -4.32. The normalized spacial score (nSPS) is 24.0. The average molecular weight is 447 g/mol. The third kappa shape index (κ3) is 5.49. The molecule has 168 valence electrons. The van der Waals surface area contributed by atoms with Crippen LogP contribution < -0.4 is 10.6 Å². The molecule has 0 aromatic carbocycles. The van der Waals surface area contributed by atoms with Crippen LogP contribution in [0, 0.1) is 0 Å². The van der Waals surface area contributed by atoms with Gasteiger partial charge in [0.05, 0.1) is 0 Å². The molecular formula is C15H18BF8N5O. The maximum Gasteiger partial charge on any atom is 0.408 e. The Balaban J connectivity index is 2.47. The maximum absolute atomic E-state index is 13.8. The largest absolute Gasteiger partial charge is 0.408 e. The summed E-state index contributed by atoms with van der Waals surface area (Å²) in [7, 11) is 0.823. The van der Waals surface area contributed by atoms with Gasteiger partial charge in [0.15, 0.2) is 13.7 Å². The van der Waals surface area contributed by atoms with Crippen molar-refractivity contribution >= 4 is 25.3 Å². The fourth-order valence-electron chi connectivity index (χ4n) is 2.44. The van der Waals surface area contributed by atoms with Crippen LogP contribution in [0.15, 0.2) is 6.08 Å². The smallest absolute Gasteiger partial charge is 0.389 e. The van der Waals surface area contributed by atoms with E-state index in [4.69, 9.17) is 0 Å². The molecular weight excluding hydrogens is 429 g/mol. The van der Waals surface area contributed by atoms with E-state index in [0.717, 1.165) is 27.8 Å². The molecule has 1 aliphatic rings. The third-order valence-corrected chi connectivity index (χ3v) is 4.50. The first-order valence-corrected chi connectivity index (χ1v) is 8.67. The molecule has 15 heteroatoms. The monoisotopic (exact) mass is 447 g/mol. The standard InChI is InChI=1S/C15H18BF8N5O/c1-6(14(19,20)21)25-10-27-9(8-3-4-13(17,18)12(16,30)5-8)28-11(29-10)26-7(2)15(22,23)24/h5-7,30H,3-4,16H2,1-2H3,(H2,25,26,27,28,29)/t6-,7-,12?/m1/s1. The molecule has 1 aliphatic carbocycles. The van der Waals surface area contributed by atoms with Gasteiger partial charge >= 0.3 is 12.4 Å². The van der Waals surface area contributed by atoms with Crippen LogP contribution in [-0.2, 0) is 0 Å². The number of hydrogen-bond donors (Lipinski definition) is 3. The molecule has 1 aromatic rings. The zero-order valence-corrected chi connectivity index (χ0v) is 16.0. The SMILES string of the molecule is BC1(O)C=C(c2nc(N[C@H](C)C(F)(F)F)nc(N[C@H](C)C(F)(F)F)n2)CCC1(F)F. The second-order valence-corrected chi connectivity index (χ2v) is 7.14. The lowest BCUT2D eigenvalue weighted by atomic mass is 9.70. The Morgan fingerprint density at radius 1 is 0.967 bits per heavy atom. The van der Waals surface area contributed by atoms with Crippen molar-refractivity contribution in [2.45, 2.75) is 62.5 Å². The van der Waals surface area contributed by atoms with Crippen LogP contribution in [0.25, 0.3) is 5.57 Å².